The van der Waals surface area contributed by atoms with E-state index in [-0.39, 0.29) is 11.7 Å². The van der Waals surface area contributed by atoms with Crippen LogP contribution in [0.4, 0.5) is 5.95 Å². The van der Waals surface area contributed by atoms with Gasteiger partial charge in [-0.3, -0.25) is 9.36 Å². The third-order valence-corrected chi connectivity index (χ3v) is 4.85. The summed E-state index contributed by atoms with van der Waals surface area (Å²) < 4.78 is 12.9. The van der Waals surface area contributed by atoms with E-state index in [1.165, 1.54) is 11.8 Å². The Morgan fingerprint density at radius 2 is 1.89 bits per heavy atom. The van der Waals surface area contributed by atoms with Crippen LogP contribution in [0.1, 0.15) is 26.3 Å². The number of morpholine rings is 1. The molecule has 1 aliphatic heterocycles. The molecule has 1 aliphatic rings. The quantitative estimate of drug-likeness (QED) is 0.555. The summed E-state index contributed by atoms with van der Waals surface area (Å²) in [5.74, 6) is 0.761. The van der Waals surface area contributed by atoms with E-state index in [0.29, 0.717) is 24.9 Å². The van der Waals surface area contributed by atoms with Crippen molar-refractivity contribution in [2.45, 2.75) is 38.1 Å². The summed E-state index contributed by atoms with van der Waals surface area (Å²) in [6.07, 6.45) is 0. The minimum absolute atomic E-state index is 0.202. The van der Waals surface area contributed by atoms with Crippen molar-refractivity contribution in [1.82, 2.24) is 14.8 Å². The van der Waals surface area contributed by atoms with Gasteiger partial charge in [0.2, 0.25) is 5.95 Å². The number of carbonyl (C=O) groups is 1. The average Bonchev–Trinajstić information content (AvgIpc) is 3.03. The molecule has 0 radical (unpaired) electrons. The van der Waals surface area contributed by atoms with E-state index in [9.17, 15) is 4.79 Å². The second-order valence-corrected chi connectivity index (χ2v) is 8.27. The summed E-state index contributed by atoms with van der Waals surface area (Å²) >= 11 is 1.36. The lowest BCUT2D eigenvalue weighted by atomic mass is 10.2. The molecule has 2 aromatic rings. The minimum atomic E-state index is -0.492. The van der Waals surface area contributed by atoms with E-state index in [2.05, 4.69) is 31.8 Å². The normalized spacial score (nSPS) is 15.0. The number of carbonyl (C=O) groups excluding carboxylic acids is 1. The molecule has 27 heavy (non-hydrogen) atoms. The van der Waals surface area contributed by atoms with Crippen molar-refractivity contribution >= 4 is 23.7 Å². The molecule has 0 saturated carbocycles. The second kappa shape index (κ2) is 8.75. The number of aromatic nitrogens is 3. The van der Waals surface area contributed by atoms with Crippen molar-refractivity contribution in [3.8, 4) is 0 Å². The Kier molecular flexibility index (Phi) is 6.38. The number of thioether (sulfide) groups is 1. The highest BCUT2D eigenvalue weighted by Gasteiger charge is 2.22. The number of anilines is 1. The molecule has 3 rings (SSSR count). The molecule has 7 nitrogen and oxygen atoms in total. The first-order valence-corrected chi connectivity index (χ1v) is 10.1. The van der Waals surface area contributed by atoms with Crippen molar-refractivity contribution < 1.29 is 14.3 Å². The standard InChI is InChI=1S/C19H26N4O3S/c1-19(2,3)26-16(24)14-27-18-21-20-17(22-9-11-25-12-10-22)23(18)13-15-7-5-4-6-8-15/h4-8H,9-14H2,1-3H3. The number of esters is 1. The van der Waals surface area contributed by atoms with E-state index in [4.69, 9.17) is 9.47 Å². The summed E-state index contributed by atoms with van der Waals surface area (Å²) in [7, 11) is 0. The molecule has 0 unspecified atom stereocenters. The van der Waals surface area contributed by atoms with Crippen LogP contribution in [-0.2, 0) is 20.8 Å². The Morgan fingerprint density at radius 3 is 2.56 bits per heavy atom. The van der Waals surface area contributed by atoms with Gasteiger partial charge in [-0.1, -0.05) is 42.1 Å². The van der Waals surface area contributed by atoms with Crippen LogP contribution in [0.2, 0.25) is 0 Å². The molecular weight excluding hydrogens is 364 g/mol. The molecule has 8 heteroatoms. The van der Waals surface area contributed by atoms with Gasteiger partial charge < -0.3 is 14.4 Å². The molecule has 146 valence electrons. The molecule has 0 amide bonds. The zero-order chi connectivity index (χ0) is 19.3. The minimum Gasteiger partial charge on any atom is -0.459 e. The molecule has 0 bridgehead atoms. The van der Waals surface area contributed by atoms with Crippen molar-refractivity contribution in [2.24, 2.45) is 0 Å². The van der Waals surface area contributed by atoms with Gasteiger partial charge in [0.05, 0.1) is 25.5 Å². The van der Waals surface area contributed by atoms with Crippen molar-refractivity contribution in [2.75, 3.05) is 37.0 Å². The van der Waals surface area contributed by atoms with Crippen LogP contribution in [0.5, 0.6) is 0 Å². The lowest BCUT2D eigenvalue weighted by Gasteiger charge is -2.28. The molecule has 1 aromatic carbocycles. The summed E-state index contributed by atoms with van der Waals surface area (Å²) in [5, 5.41) is 9.45. The summed E-state index contributed by atoms with van der Waals surface area (Å²) in [4.78, 5) is 14.3. The monoisotopic (exact) mass is 390 g/mol. The fourth-order valence-electron chi connectivity index (χ4n) is 2.78. The Bertz CT molecular complexity index is 752. The van der Waals surface area contributed by atoms with Crippen LogP contribution in [-0.4, -0.2) is 58.4 Å². The maximum absolute atomic E-state index is 12.1. The van der Waals surface area contributed by atoms with Crippen LogP contribution < -0.4 is 4.90 Å². The van der Waals surface area contributed by atoms with Gasteiger partial charge in [-0.05, 0) is 26.3 Å². The largest absolute Gasteiger partial charge is 0.459 e. The van der Waals surface area contributed by atoms with E-state index in [1.807, 2.05) is 39.0 Å². The van der Waals surface area contributed by atoms with Crippen LogP contribution in [0.15, 0.2) is 35.5 Å². The second-order valence-electron chi connectivity index (χ2n) is 7.33. The highest BCUT2D eigenvalue weighted by molar-refractivity contribution is 7.99. The van der Waals surface area contributed by atoms with Gasteiger partial charge >= 0.3 is 5.97 Å². The highest BCUT2D eigenvalue weighted by atomic mass is 32.2. The first kappa shape index (κ1) is 19.7. The smallest absolute Gasteiger partial charge is 0.316 e. The van der Waals surface area contributed by atoms with Gasteiger partial charge in [0.15, 0.2) is 5.16 Å². The van der Waals surface area contributed by atoms with Gasteiger partial charge in [0.1, 0.15) is 5.60 Å². The Hall–Kier alpha value is -2.06. The molecule has 0 N–H and O–H groups in total. The van der Waals surface area contributed by atoms with Gasteiger partial charge in [0, 0.05) is 13.1 Å². The first-order valence-electron chi connectivity index (χ1n) is 9.07. The van der Waals surface area contributed by atoms with Crippen molar-refractivity contribution in [3.63, 3.8) is 0 Å². The predicted octanol–water partition coefficient (Wildman–Crippen LogP) is 2.60. The number of rotatable bonds is 6. The van der Waals surface area contributed by atoms with Gasteiger partial charge in [-0.25, -0.2) is 0 Å². The lowest BCUT2D eigenvalue weighted by molar-refractivity contribution is -0.151. The van der Waals surface area contributed by atoms with E-state index < -0.39 is 5.60 Å². The SMILES string of the molecule is CC(C)(C)OC(=O)CSc1nnc(N2CCOCC2)n1Cc1ccccc1. The van der Waals surface area contributed by atoms with Gasteiger partial charge in [0.25, 0.3) is 0 Å². The fourth-order valence-corrected chi connectivity index (χ4v) is 3.49. The summed E-state index contributed by atoms with van der Waals surface area (Å²) in [5.41, 5.74) is 0.667. The van der Waals surface area contributed by atoms with E-state index in [0.717, 1.165) is 24.6 Å². The first-order chi connectivity index (χ1) is 12.9. The Labute approximate surface area is 164 Å². The maximum Gasteiger partial charge on any atom is 0.316 e. The molecule has 2 heterocycles. The molecule has 0 spiro atoms. The van der Waals surface area contributed by atoms with E-state index >= 15 is 0 Å². The molecule has 1 saturated heterocycles. The number of ether oxygens (including phenoxy) is 2. The molecule has 1 aromatic heterocycles. The maximum atomic E-state index is 12.1. The molecular formula is C19H26N4O3S. The van der Waals surface area contributed by atoms with Gasteiger partial charge in [-0.2, -0.15) is 0 Å². The Morgan fingerprint density at radius 1 is 1.19 bits per heavy atom. The third-order valence-electron chi connectivity index (χ3n) is 3.91. The molecule has 1 fully saturated rings. The topological polar surface area (TPSA) is 69.5 Å². The van der Waals surface area contributed by atoms with Crippen molar-refractivity contribution in [3.05, 3.63) is 35.9 Å². The predicted molar refractivity (Wildman–Crippen MR) is 105 cm³/mol. The van der Waals surface area contributed by atoms with Crippen LogP contribution in [0, 0.1) is 0 Å². The summed E-state index contributed by atoms with van der Waals surface area (Å²) in [6, 6.07) is 10.2. The van der Waals surface area contributed by atoms with E-state index in [1.54, 1.807) is 0 Å². The van der Waals surface area contributed by atoms with Crippen molar-refractivity contribution in [1.29, 1.82) is 0 Å². The number of hydrogen-bond acceptors (Lipinski definition) is 7. The van der Waals surface area contributed by atoms with Crippen LogP contribution >= 0.6 is 11.8 Å². The zero-order valence-corrected chi connectivity index (χ0v) is 16.9. The van der Waals surface area contributed by atoms with Gasteiger partial charge in [-0.15, -0.1) is 10.2 Å². The summed E-state index contributed by atoms with van der Waals surface area (Å²) in [6.45, 7) is 9.17. The zero-order valence-electron chi connectivity index (χ0n) is 16.1. The molecule has 0 atom stereocenters. The number of benzene rings is 1. The fraction of sp³-hybridized carbons (Fsp3) is 0.526. The van der Waals surface area contributed by atoms with Crippen LogP contribution in [0.25, 0.3) is 0 Å². The number of nitrogens with zero attached hydrogens (tertiary/aromatic N) is 4. The Balaban J connectivity index is 1.78. The number of hydrogen-bond donors (Lipinski definition) is 0. The van der Waals surface area contributed by atoms with Crippen LogP contribution in [0.3, 0.4) is 0 Å². The third kappa shape index (κ3) is 5.71. The average molecular weight is 391 g/mol. The highest BCUT2D eigenvalue weighted by Crippen LogP contribution is 2.24. The lowest BCUT2D eigenvalue weighted by Crippen LogP contribution is -2.38. The molecule has 0 aliphatic carbocycles.